The van der Waals surface area contributed by atoms with Gasteiger partial charge >= 0.3 is 5.97 Å². The Labute approximate surface area is 201 Å². The van der Waals surface area contributed by atoms with Gasteiger partial charge in [-0.1, -0.05) is 73.7 Å². The summed E-state index contributed by atoms with van der Waals surface area (Å²) in [6.07, 6.45) is 7.56. The van der Waals surface area contributed by atoms with E-state index < -0.39 is 18.0 Å². The van der Waals surface area contributed by atoms with E-state index in [1.807, 2.05) is 55.6 Å². The number of aryl methyl sites for hydroxylation is 1. The van der Waals surface area contributed by atoms with Crippen LogP contribution in [-0.4, -0.2) is 45.6 Å². The van der Waals surface area contributed by atoms with Gasteiger partial charge in [0.1, 0.15) is 5.78 Å². The van der Waals surface area contributed by atoms with Crippen molar-refractivity contribution in [2.45, 2.75) is 51.2 Å². The zero-order valence-electron chi connectivity index (χ0n) is 19.6. The average molecular weight is 460 g/mol. The van der Waals surface area contributed by atoms with Crippen LogP contribution in [0.1, 0.15) is 38.2 Å². The maximum atomic E-state index is 12.2. The summed E-state index contributed by atoms with van der Waals surface area (Å²) >= 11 is 0. The van der Waals surface area contributed by atoms with Crippen molar-refractivity contribution < 1.29 is 19.8 Å². The Hall–Kier alpha value is -3.18. The van der Waals surface area contributed by atoms with Crippen molar-refractivity contribution in [2.75, 3.05) is 6.54 Å². The van der Waals surface area contributed by atoms with Gasteiger partial charge in [-0.25, -0.2) is 0 Å². The van der Waals surface area contributed by atoms with Crippen molar-refractivity contribution in [3.05, 3.63) is 84.1 Å². The molecule has 4 unspecified atom stereocenters. The molecule has 1 aliphatic carbocycles. The monoisotopic (exact) mass is 459 g/mol. The number of aliphatic hydroxyl groups is 1. The Bertz CT molecular complexity index is 1060. The van der Waals surface area contributed by atoms with Crippen molar-refractivity contribution in [1.29, 1.82) is 0 Å². The van der Waals surface area contributed by atoms with E-state index in [0.29, 0.717) is 32.2 Å². The third-order valence-electron chi connectivity index (χ3n) is 7.17. The summed E-state index contributed by atoms with van der Waals surface area (Å²) in [4.78, 5) is 26.4. The molecule has 0 fully saturated rings. The Morgan fingerprint density at radius 2 is 1.79 bits per heavy atom. The van der Waals surface area contributed by atoms with Gasteiger partial charge in [-0.2, -0.15) is 0 Å². The van der Waals surface area contributed by atoms with E-state index in [9.17, 15) is 19.8 Å². The van der Waals surface area contributed by atoms with Crippen molar-refractivity contribution in [1.82, 2.24) is 4.90 Å². The number of carboxylic acids is 1. The number of nitrogens with zero attached hydrogens (tertiary/aromatic N) is 1. The molecule has 5 heteroatoms. The number of fused-ring (bicyclic) bond motifs is 1. The first-order valence-corrected chi connectivity index (χ1v) is 12.2. The lowest BCUT2D eigenvalue weighted by molar-refractivity contribution is -0.147. The lowest BCUT2D eigenvalue weighted by Crippen LogP contribution is -2.39. The molecule has 2 aromatic rings. The normalized spacial score (nSPS) is 19.9. The molecule has 2 aromatic carbocycles. The van der Waals surface area contributed by atoms with Crippen LogP contribution in [0.15, 0.2) is 78.5 Å². The minimum atomic E-state index is -0.967. The molecule has 0 radical (unpaired) electrons. The van der Waals surface area contributed by atoms with Gasteiger partial charge < -0.3 is 15.1 Å². The van der Waals surface area contributed by atoms with E-state index in [0.717, 1.165) is 28.7 Å². The summed E-state index contributed by atoms with van der Waals surface area (Å²) in [6, 6.07) is 18.3. The summed E-state index contributed by atoms with van der Waals surface area (Å²) in [5.74, 6) is -1.70. The summed E-state index contributed by atoms with van der Waals surface area (Å²) in [6.45, 7) is 2.63. The molecule has 0 aromatic heterocycles. The molecule has 2 N–H and O–H groups in total. The zero-order valence-corrected chi connectivity index (χ0v) is 19.6. The van der Waals surface area contributed by atoms with Gasteiger partial charge in [-0.05, 0) is 47.9 Å². The SMILES string of the molecule is CCC(CC(C(=O)O)C(O)CCc1ccc(-c2ccccc2)cc1)N1C=C2C=CCC(=O)C2C1. The third-order valence-corrected chi connectivity index (χ3v) is 7.17. The maximum Gasteiger partial charge on any atom is 0.309 e. The molecule has 2 aliphatic rings. The smallest absolute Gasteiger partial charge is 0.309 e. The van der Waals surface area contributed by atoms with Crippen LogP contribution in [0.4, 0.5) is 0 Å². The number of aliphatic hydroxyl groups excluding tert-OH is 1. The minimum absolute atomic E-state index is 0.0276. The second-order valence-corrected chi connectivity index (χ2v) is 9.36. The highest BCUT2D eigenvalue weighted by molar-refractivity contribution is 5.88. The Kier molecular flexibility index (Phi) is 7.63. The quantitative estimate of drug-likeness (QED) is 0.531. The van der Waals surface area contributed by atoms with Crippen molar-refractivity contribution in [2.24, 2.45) is 11.8 Å². The number of carboxylic acid groups (broad SMARTS) is 1. The van der Waals surface area contributed by atoms with Crippen molar-refractivity contribution in [3.8, 4) is 11.1 Å². The second kappa shape index (κ2) is 10.8. The molecule has 4 rings (SSSR count). The van der Waals surface area contributed by atoms with Gasteiger partial charge in [-0.15, -0.1) is 0 Å². The van der Waals surface area contributed by atoms with E-state index >= 15 is 0 Å². The van der Waals surface area contributed by atoms with Crippen LogP contribution < -0.4 is 0 Å². The number of allylic oxidation sites excluding steroid dienone is 2. The van der Waals surface area contributed by atoms with E-state index in [1.54, 1.807) is 0 Å². The molecule has 5 nitrogen and oxygen atoms in total. The van der Waals surface area contributed by atoms with E-state index in [2.05, 4.69) is 29.2 Å². The number of Topliss-reactive ketones (excluding diaryl/α,β-unsaturated/α-hetero) is 1. The highest BCUT2D eigenvalue weighted by Crippen LogP contribution is 2.32. The van der Waals surface area contributed by atoms with Crippen molar-refractivity contribution in [3.63, 3.8) is 0 Å². The molecule has 0 amide bonds. The summed E-state index contributed by atoms with van der Waals surface area (Å²) in [5.41, 5.74) is 4.38. The van der Waals surface area contributed by atoms with E-state index in [1.165, 1.54) is 0 Å². The van der Waals surface area contributed by atoms with E-state index in [4.69, 9.17) is 0 Å². The van der Waals surface area contributed by atoms with Gasteiger partial charge in [0.2, 0.25) is 0 Å². The molecule has 0 bridgehead atoms. The Balaban J connectivity index is 1.36. The summed E-state index contributed by atoms with van der Waals surface area (Å²) < 4.78 is 0. The number of carbonyl (C=O) groups is 2. The predicted octanol–water partition coefficient (Wildman–Crippen LogP) is 4.86. The fourth-order valence-corrected chi connectivity index (χ4v) is 5.07. The first-order valence-electron chi connectivity index (χ1n) is 12.2. The van der Waals surface area contributed by atoms with Gasteiger partial charge in [0, 0.05) is 25.2 Å². The Morgan fingerprint density at radius 3 is 2.44 bits per heavy atom. The van der Waals surface area contributed by atoms with Gasteiger partial charge in [0.25, 0.3) is 0 Å². The number of ketones is 1. The first-order chi connectivity index (χ1) is 16.5. The fourth-order valence-electron chi connectivity index (χ4n) is 5.07. The number of rotatable bonds is 10. The predicted molar refractivity (Wildman–Crippen MR) is 133 cm³/mol. The molecular formula is C29H33NO4. The number of carbonyl (C=O) groups excluding carboxylic acids is 1. The van der Waals surface area contributed by atoms with Crippen LogP contribution in [0, 0.1) is 11.8 Å². The van der Waals surface area contributed by atoms with Gasteiger partial charge in [0.05, 0.1) is 17.9 Å². The van der Waals surface area contributed by atoms with Crippen molar-refractivity contribution >= 4 is 11.8 Å². The second-order valence-electron chi connectivity index (χ2n) is 9.36. The fraction of sp³-hybridized carbons (Fsp3) is 0.379. The molecule has 0 saturated carbocycles. The highest BCUT2D eigenvalue weighted by atomic mass is 16.4. The molecule has 1 heterocycles. The first kappa shape index (κ1) is 24.0. The topological polar surface area (TPSA) is 77.8 Å². The summed E-state index contributed by atoms with van der Waals surface area (Å²) in [7, 11) is 0. The molecular weight excluding hydrogens is 426 g/mol. The molecule has 1 aliphatic heterocycles. The lowest BCUT2D eigenvalue weighted by Gasteiger charge is -2.31. The van der Waals surface area contributed by atoms with Crippen LogP contribution in [0.25, 0.3) is 11.1 Å². The third kappa shape index (κ3) is 5.48. The highest BCUT2D eigenvalue weighted by Gasteiger charge is 2.36. The maximum absolute atomic E-state index is 12.2. The molecule has 0 saturated heterocycles. The van der Waals surface area contributed by atoms with Crippen LogP contribution in [-0.2, 0) is 16.0 Å². The largest absolute Gasteiger partial charge is 0.481 e. The summed E-state index contributed by atoms with van der Waals surface area (Å²) in [5, 5.41) is 20.7. The molecule has 178 valence electrons. The lowest BCUT2D eigenvalue weighted by atomic mass is 9.88. The number of hydrogen-bond donors (Lipinski definition) is 2. The van der Waals surface area contributed by atoms with Gasteiger partial charge in [0.15, 0.2) is 0 Å². The van der Waals surface area contributed by atoms with Gasteiger partial charge in [-0.3, -0.25) is 9.59 Å². The zero-order chi connectivity index (χ0) is 24.1. The number of aliphatic carboxylic acids is 1. The minimum Gasteiger partial charge on any atom is -0.481 e. The molecule has 4 atom stereocenters. The van der Waals surface area contributed by atoms with E-state index in [-0.39, 0.29) is 17.7 Å². The van der Waals surface area contributed by atoms with Crippen LogP contribution >= 0.6 is 0 Å². The van der Waals surface area contributed by atoms with Crippen LogP contribution in [0.5, 0.6) is 0 Å². The standard InChI is InChI=1S/C29H33NO4/c1-2-24(30-18-23-9-6-10-27(31)26(23)19-30)17-25(29(33)34)28(32)16-13-20-11-14-22(15-12-20)21-7-4-3-5-8-21/h3-9,11-12,14-15,18,24-26,28,32H,2,10,13,16-17,19H2,1H3,(H,33,34). The molecule has 0 spiro atoms. The average Bonchev–Trinajstić information content (AvgIpc) is 3.29. The molecule has 34 heavy (non-hydrogen) atoms. The Morgan fingerprint density at radius 1 is 1.09 bits per heavy atom. The number of hydrogen-bond acceptors (Lipinski definition) is 4. The van der Waals surface area contributed by atoms with Crippen LogP contribution in [0.2, 0.25) is 0 Å². The van der Waals surface area contributed by atoms with Crippen LogP contribution in [0.3, 0.4) is 0 Å². The number of benzene rings is 2.